The van der Waals surface area contributed by atoms with Gasteiger partial charge < -0.3 is 9.84 Å². The summed E-state index contributed by atoms with van der Waals surface area (Å²) in [4.78, 5) is 13.2. The molecular weight excluding hydrogens is 266 g/mol. The number of rotatable bonds is 7. The van der Waals surface area contributed by atoms with Gasteiger partial charge in [0.1, 0.15) is 0 Å². The van der Waals surface area contributed by atoms with Gasteiger partial charge in [-0.2, -0.15) is 0 Å². The van der Waals surface area contributed by atoms with Crippen molar-refractivity contribution in [2.24, 2.45) is 0 Å². The third kappa shape index (κ3) is 4.41. The molecule has 1 N–H and O–H groups in total. The fourth-order valence-electron chi connectivity index (χ4n) is 2.26. The molecular formula is C17H19NO3. The summed E-state index contributed by atoms with van der Waals surface area (Å²) in [6.07, 6.45) is -0.967. The highest BCUT2D eigenvalue weighted by atomic mass is 16.5. The van der Waals surface area contributed by atoms with Crippen molar-refractivity contribution in [3.63, 3.8) is 0 Å². The number of hydrogen-bond donors (Lipinski definition) is 1. The van der Waals surface area contributed by atoms with Gasteiger partial charge in [0.05, 0.1) is 0 Å². The molecule has 0 aliphatic rings. The molecule has 2 aromatic carbocycles. The second-order valence-electron chi connectivity index (χ2n) is 4.80. The van der Waals surface area contributed by atoms with Gasteiger partial charge >= 0.3 is 5.97 Å². The summed E-state index contributed by atoms with van der Waals surface area (Å²) < 4.78 is 5.14. The van der Waals surface area contributed by atoms with Gasteiger partial charge in [0.25, 0.3) is 0 Å². The molecule has 1 atom stereocenters. The molecule has 21 heavy (non-hydrogen) atoms. The number of benzene rings is 2. The Labute approximate surface area is 124 Å². The number of hydrogen-bond acceptors (Lipinski definition) is 3. The monoisotopic (exact) mass is 285 g/mol. The first-order valence-corrected chi connectivity index (χ1v) is 6.78. The Hall–Kier alpha value is -2.17. The fraction of sp³-hybridized carbons (Fsp3) is 0.235. The van der Waals surface area contributed by atoms with Crippen molar-refractivity contribution in [1.29, 1.82) is 0 Å². The first kappa shape index (κ1) is 15.2. The van der Waals surface area contributed by atoms with Gasteiger partial charge in [0.15, 0.2) is 0 Å². The third-order valence-electron chi connectivity index (χ3n) is 3.22. The maximum atomic E-state index is 11.4. The van der Waals surface area contributed by atoms with Crippen LogP contribution in [0.5, 0.6) is 0 Å². The van der Waals surface area contributed by atoms with Crippen LogP contribution in [0, 0.1) is 0 Å². The molecule has 0 aliphatic heterocycles. The largest absolute Gasteiger partial charge is 0.478 e. The van der Waals surface area contributed by atoms with Gasteiger partial charge in [0.2, 0.25) is 6.23 Å². The summed E-state index contributed by atoms with van der Waals surface area (Å²) in [5, 5.41) is 9.33. The van der Waals surface area contributed by atoms with Gasteiger partial charge in [-0.15, -0.1) is 0 Å². The number of carboxylic acid groups (broad SMARTS) is 1. The Morgan fingerprint density at radius 1 is 1.00 bits per heavy atom. The van der Waals surface area contributed by atoms with E-state index < -0.39 is 12.2 Å². The van der Waals surface area contributed by atoms with E-state index in [1.807, 2.05) is 60.7 Å². The van der Waals surface area contributed by atoms with Gasteiger partial charge in [-0.3, -0.25) is 4.90 Å². The highest BCUT2D eigenvalue weighted by Crippen LogP contribution is 2.14. The maximum absolute atomic E-state index is 11.4. The van der Waals surface area contributed by atoms with Gasteiger partial charge in [-0.25, -0.2) is 4.79 Å². The molecule has 4 heteroatoms. The lowest BCUT2D eigenvalue weighted by Gasteiger charge is -2.27. The molecule has 2 aromatic rings. The minimum absolute atomic E-state index is 0.514. The van der Waals surface area contributed by atoms with Gasteiger partial charge in [0, 0.05) is 20.2 Å². The molecule has 0 aliphatic carbocycles. The van der Waals surface area contributed by atoms with E-state index >= 15 is 0 Å². The summed E-state index contributed by atoms with van der Waals surface area (Å²) in [5.74, 6) is -0.982. The van der Waals surface area contributed by atoms with E-state index in [9.17, 15) is 9.90 Å². The second kappa shape index (κ2) is 7.57. The number of methoxy groups -OCH3 is 1. The lowest BCUT2D eigenvalue weighted by molar-refractivity contribution is -0.162. The van der Waals surface area contributed by atoms with Crippen LogP contribution in [0.25, 0.3) is 0 Å². The molecule has 0 amide bonds. The minimum atomic E-state index is -0.982. The number of nitrogens with zero attached hydrogens (tertiary/aromatic N) is 1. The van der Waals surface area contributed by atoms with Crippen molar-refractivity contribution >= 4 is 5.97 Å². The average molecular weight is 285 g/mol. The van der Waals surface area contributed by atoms with Crippen LogP contribution in [0.4, 0.5) is 0 Å². The topological polar surface area (TPSA) is 49.8 Å². The minimum Gasteiger partial charge on any atom is -0.478 e. The average Bonchev–Trinajstić information content (AvgIpc) is 2.49. The molecule has 110 valence electrons. The molecule has 0 spiro atoms. The highest BCUT2D eigenvalue weighted by Gasteiger charge is 2.25. The molecule has 0 aromatic heterocycles. The van der Waals surface area contributed by atoms with E-state index in [0.717, 1.165) is 11.1 Å². The van der Waals surface area contributed by atoms with Crippen molar-refractivity contribution in [2.75, 3.05) is 7.11 Å². The van der Waals surface area contributed by atoms with Crippen LogP contribution >= 0.6 is 0 Å². The zero-order valence-electron chi connectivity index (χ0n) is 12.0. The second-order valence-corrected chi connectivity index (χ2v) is 4.80. The van der Waals surface area contributed by atoms with Crippen LogP contribution in [-0.4, -0.2) is 29.3 Å². The zero-order valence-corrected chi connectivity index (χ0v) is 12.0. The number of aliphatic carboxylic acids is 1. The van der Waals surface area contributed by atoms with Crippen molar-refractivity contribution < 1.29 is 14.6 Å². The van der Waals surface area contributed by atoms with E-state index in [1.54, 1.807) is 4.90 Å². The Balaban J connectivity index is 2.19. The SMILES string of the molecule is COC(C(=O)O)N(Cc1ccccc1)Cc1ccccc1. The van der Waals surface area contributed by atoms with Crippen LogP contribution < -0.4 is 0 Å². The van der Waals surface area contributed by atoms with Crippen molar-refractivity contribution in [2.45, 2.75) is 19.3 Å². The maximum Gasteiger partial charge on any atom is 0.348 e. The number of ether oxygens (including phenoxy) is 1. The third-order valence-corrected chi connectivity index (χ3v) is 3.22. The summed E-state index contributed by atoms with van der Waals surface area (Å²) in [7, 11) is 1.42. The summed E-state index contributed by atoms with van der Waals surface area (Å²) in [5.41, 5.74) is 2.11. The predicted octanol–water partition coefficient (Wildman–Crippen LogP) is 2.75. The van der Waals surface area contributed by atoms with E-state index in [1.165, 1.54) is 7.11 Å². The normalized spacial score (nSPS) is 12.3. The molecule has 1 unspecified atom stereocenters. The van der Waals surface area contributed by atoms with E-state index in [-0.39, 0.29) is 0 Å². The van der Waals surface area contributed by atoms with Crippen LogP contribution in [-0.2, 0) is 22.6 Å². The number of carboxylic acids is 1. The van der Waals surface area contributed by atoms with E-state index in [0.29, 0.717) is 13.1 Å². The van der Waals surface area contributed by atoms with E-state index in [4.69, 9.17) is 4.74 Å². The molecule has 0 fully saturated rings. The van der Waals surface area contributed by atoms with Crippen LogP contribution in [0.15, 0.2) is 60.7 Å². The van der Waals surface area contributed by atoms with Crippen LogP contribution in [0.3, 0.4) is 0 Å². The summed E-state index contributed by atoms with van der Waals surface area (Å²) >= 11 is 0. The standard InChI is InChI=1S/C17H19NO3/c1-21-16(17(19)20)18(12-14-8-4-2-5-9-14)13-15-10-6-3-7-11-15/h2-11,16H,12-13H2,1H3,(H,19,20). The highest BCUT2D eigenvalue weighted by molar-refractivity contribution is 5.71. The van der Waals surface area contributed by atoms with Crippen molar-refractivity contribution in [1.82, 2.24) is 4.90 Å². The predicted molar refractivity (Wildman–Crippen MR) is 80.6 cm³/mol. The van der Waals surface area contributed by atoms with E-state index in [2.05, 4.69) is 0 Å². The fourth-order valence-corrected chi connectivity index (χ4v) is 2.26. The van der Waals surface area contributed by atoms with Gasteiger partial charge in [-0.1, -0.05) is 60.7 Å². The Kier molecular flexibility index (Phi) is 5.49. The van der Waals surface area contributed by atoms with Crippen molar-refractivity contribution in [3.05, 3.63) is 71.8 Å². The quantitative estimate of drug-likeness (QED) is 0.795. The molecule has 0 heterocycles. The Morgan fingerprint density at radius 2 is 1.43 bits per heavy atom. The zero-order chi connectivity index (χ0) is 15.1. The van der Waals surface area contributed by atoms with Crippen molar-refractivity contribution in [3.8, 4) is 0 Å². The van der Waals surface area contributed by atoms with Crippen LogP contribution in [0.1, 0.15) is 11.1 Å². The molecule has 0 saturated carbocycles. The van der Waals surface area contributed by atoms with Crippen LogP contribution in [0.2, 0.25) is 0 Å². The Bertz CT molecular complexity index is 515. The molecule has 0 radical (unpaired) electrons. The first-order chi connectivity index (χ1) is 10.2. The lowest BCUT2D eigenvalue weighted by Crippen LogP contribution is -2.41. The summed E-state index contributed by atoms with van der Waals surface area (Å²) in [6.45, 7) is 1.03. The molecule has 2 rings (SSSR count). The molecule has 0 saturated heterocycles. The Morgan fingerprint density at radius 3 is 1.76 bits per heavy atom. The van der Waals surface area contributed by atoms with Gasteiger partial charge in [-0.05, 0) is 11.1 Å². The smallest absolute Gasteiger partial charge is 0.348 e. The lowest BCUT2D eigenvalue weighted by atomic mass is 10.1. The summed E-state index contributed by atoms with van der Waals surface area (Å²) in [6, 6.07) is 19.6. The molecule has 0 bridgehead atoms. The first-order valence-electron chi connectivity index (χ1n) is 6.78. The number of carbonyl (C=O) groups is 1. The molecule has 4 nitrogen and oxygen atoms in total.